The van der Waals surface area contributed by atoms with Crippen LogP contribution in [0.4, 0.5) is 0 Å². The molecule has 21 heavy (non-hydrogen) atoms. The number of nitrogens with zero attached hydrogens (tertiary/aromatic N) is 2. The van der Waals surface area contributed by atoms with E-state index in [9.17, 15) is 13.2 Å². The number of nitrogens with one attached hydrogen (secondary N) is 2. The lowest BCUT2D eigenvalue weighted by Gasteiger charge is -2.31. The summed E-state index contributed by atoms with van der Waals surface area (Å²) >= 11 is 0. The molecule has 0 spiro atoms. The summed E-state index contributed by atoms with van der Waals surface area (Å²) < 4.78 is 26.3. The van der Waals surface area contributed by atoms with Crippen LogP contribution in [0, 0.1) is 12.8 Å². The van der Waals surface area contributed by atoms with Crippen molar-refractivity contribution in [1.82, 2.24) is 19.6 Å². The van der Waals surface area contributed by atoms with E-state index >= 15 is 0 Å². The van der Waals surface area contributed by atoms with Gasteiger partial charge < -0.3 is 10.3 Å². The van der Waals surface area contributed by atoms with Crippen molar-refractivity contribution < 1.29 is 13.2 Å². The Morgan fingerprint density at radius 2 is 2.00 bits per heavy atom. The second-order valence-corrected chi connectivity index (χ2v) is 7.70. The van der Waals surface area contributed by atoms with Gasteiger partial charge in [-0.3, -0.25) is 4.79 Å². The third kappa shape index (κ3) is 3.11. The number of hydrogen-bond acceptors (Lipinski definition) is 4. The van der Waals surface area contributed by atoms with Crippen molar-refractivity contribution in [3.05, 3.63) is 12.0 Å². The maximum Gasteiger partial charge on any atom is 0.260 e. The zero-order chi connectivity index (χ0) is 15.0. The van der Waals surface area contributed by atoms with Crippen LogP contribution in [-0.2, 0) is 14.8 Å². The van der Waals surface area contributed by atoms with E-state index in [1.807, 2.05) is 0 Å². The molecule has 0 bridgehead atoms. The van der Waals surface area contributed by atoms with Gasteiger partial charge >= 0.3 is 0 Å². The molecule has 1 aliphatic carbocycles. The fourth-order valence-corrected chi connectivity index (χ4v) is 4.01. The van der Waals surface area contributed by atoms with Crippen molar-refractivity contribution in [1.29, 1.82) is 0 Å². The van der Waals surface area contributed by atoms with Crippen LogP contribution in [0.15, 0.2) is 11.2 Å². The highest BCUT2D eigenvalue weighted by molar-refractivity contribution is 7.89. The van der Waals surface area contributed by atoms with Gasteiger partial charge in [0.1, 0.15) is 5.82 Å². The number of aromatic amines is 1. The van der Waals surface area contributed by atoms with Gasteiger partial charge in [-0.15, -0.1) is 0 Å². The molecule has 1 aliphatic heterocycles. The number of aromatic nitrogens is 2. The predicted molar refractivity (Wildman–Crippen MR) is 76.0 cm³/mol. The van der Waals surface area contributed by atoms with Crippen LogP contribution in [0.25, 0.3) is 0 Å². The Morgan fingerprint density at radius 3 is 2.52 bits per heavy atom. The number of piperidine rings is 1. The van der Waals surface area contributed by atoms with Gasteiger partial charge in [0.15, 0.2) is 5.03 Å². The second-order valence-electron chi connectivity index (χ2n) is 5.79. The van der Waals surface area contributed by atoms with Crippen molar-refractivity contribution in [3.8, 4) is 0 Å². The first-order valence-corrected chi connectivity index (χ1v) is 8.73. The zero-order valence-corrected chi connectivity index (χ0v) is 12.8. The second kappa shape index (κ2) is 5.42. The maximum atomic E-state index is 12.4. The van der Waals surface area contributed by atoms with Gasteiger partial charge in [0.2, 0.25) is 5.91 Å². The molecule has 0 unspecified atom stereocenters. The third-order valence-corrected chi connectivity index (χ3v) is 5.85. The number of aryl methyl sites for hydroxylation is 1. The number of H-pyrrole nitrogens is 1. The molecule has 1 aromatic rings. The minimum Gasteiger partial charge on any atom is -0.353 e. The van der Waals surface area contributed by atoms with Crippen LogP contribution in [0.3, 0.4) is 0 Å². The molecule has 1 saturated carbocycles. The first-order valence-electron chi connectivity index (χ1n) is 7.29. The fraction of sp³-hybridized carbons (Fsp3) is 0.692. The smallest absolute Gasteiger partial charge is 0.260 e. The van der Waals surface area contributed by atoms with Crippen molar-refractivity contribution >= 4 is 15.9 Å². The zero-order valence-electron chi connectivity index (χ0n) is 12.0. The van der Waals surface area contributed by atoms with Crippen LogP contribution >= 0.6 is 0 Å². The molecule has 2 heterocycles. The molecule has 0 atom stereocenters. The summed E-state index contributed by atoms with van der Waals surface area (Å²) in [4.78, 5) is 18.4. The lowest BCUT2D eigenvalue weighted by molar-refractivity contribution is -0.123. The summed E-state index contributed by atoms with van der Waals surface area (Å²) in [5, 5.41) is 3.16. The van der Waals surface area contributed by atoms with Gasteiger partial charge in [0, 0.05) is 25.0 Å². The Bertz CT molecular complexity index is 628. The van der Waals surface area contributed by atoms with Gasteiger partial charge in [0.25, 0.3) is 10.0 Å². The van der Waals surface area contributed by atoms with E-state index in [4.69, 9.17) is 0 Å². The molecule has 3 rings (SSSR count). The van der Waals surface area contributed by atoms with Gasteiger partial charge in [-0.05, 0) is 32.6 Å². The summed E-state index contributed by atoms with van der Waals surface area (Å²) in [5.74, 6) is 0.903. The molecule has 1 saturated heterocycles. The average molecular weight is 312 g/mol. The summed E-state index contributed by atoms with van der Waals surface area (Å²) in [5.41, 5.74) is 0. The summed E-state index contributed by atoms with van der Waals surface area (Å²) in [6, 6.07) is 0.0908. The first-order chi connectivity index (χ1) is 9.96. The number of amides is 1. The van der Waals surface area contributed by atoms with Crippen molar-refractivity contribution in [3.63, 3.8) is 0 Å². The Kier molecular flexibility index (Phi) is 3.75. The highest BCUT2D eigenvalue weighted by Gasteiger charge is 2.34. The Labute approximate surface area is 124 Å². The lowest BCUT2D eigenvalue weighted by Crippen LogP contribution is -2.46. The molecule has 7 nitrogen and oxygen atoms in total. The fourth-order valence-electron chi connectivity index (χ4n) is 2.57. The van der Waals surface area contributed by atoms with Crippen molar-refractivity contribution in [2.24, 2.45) is 5.92 Å². The quantitative estimate of drug-likeness (QED) is 0.841. The minimum absolute atomic E-state index is 0.0908. The average Bonchev–Trinajstić information content (AvgIpc) is 3.21. The molecule has 0 aromatic carbocycles. The number of carbonyl (C=O) groups is 1. The van der Waals surface area contributed by atoms with Crippen LogP contribution in [0.5, 0.6) is 0 Å². The molecule has 2 N–H and O–H groups in total. The Morgan fingerprint density at radius 1 is 1.33 bits per heavy atom. The molecule has 0 radical (unpaired) electrons. The summed E-state index contributed by atoms with van der Waals surface area (Å²) in [6.07, 6.45) is 4.64. The highest BCUT2D eigenvalue weighted by atomic mass is 32.2. The Hall–Kier alpha value is -1.41. The van der Waals surface area contributed by atoms with Crippen LogP contribution in [-0.4, -0.2) is 47.7 Å². The summed E-state index contributed by atoms with van der Waals surface area (Å²) in [6.45, 7) is 2.57. The molecular weight excluding hydrogens is 292 g/mol. The van der Waals surface area contributed by atoms with Crippen LogP contribution in [0.2, 0.25) is 0 Å². The molecule has 2 aliphatic rings. The van der Waals surface area contributed by atoms with Crippen LogP contribution in [0.1, 0.15) is 31.5 Å². The number of hydrogen-bond donors (Lipinski definition) is 2. The van der Waals surface area contributed by atoms with Gasteiger partial charge in [-0.25, -0.2) is 13.4 Å². The SMILES string of the molecule is Cc1ncc(S(=O)(=O)N2CCC(NC(=O)C3CC3)CC2)[nH]1. The van der Waals surface area contributed by atoms with E-state index in [-0.39, 0.29) is 22.9 Å². The van der Waals surface area contributed by atoms with E-state index in [0.29, 0.717) is 31.8 Å². The number of carbonyl (C=O) groups excluding carboxylic acids is 1. The number of rotatable bonds is 4. The van der Waals surface area contributed by atoms with Gasteiger partial charge in [0.05, 0.1) is 6.20 Å². The summed E-state index contributed by atoms with van der Waals surface area (Å²) in [7, 11) is -3.49. The van der Waals surface area contributed by atoms with E-state index < -0.39 is 10.0 Å². The third-order valence-electron chi connectivity index (χ3n) is 4.05. The predicted octanol–water partition coefficient (Wildman–Crippen LogP) is 0.397. The van der Waals surface area contributed by atoms with E-state index in [0.717, 1.165) is 12.8 Å². The standard InChI is InChI=1S/C13H20N4O3S/c1-9-14-8-12(15-9)21(19,20)17-6-4-11(5-7-17)16-13(18)10-2-3-10/h8,10-11H,2-7H2,1H3,(H,14,15)(H,16,18). The topological polar surface area (TPSA) is 95.2 Å². The first kappa shape index (κ1) is 14.5. The molecule has 8 heteroatoms. The largest absolute Gasteiger partial charge is 0.353 e. The molecule has 1 amide bonds. The molecule has 116 valence electrons. The molecule has 2 fully saturated rings. The van der Waals surface area contributed by atoms with E-state index in [1.54, 1.807) is 6.92 Å². The Balaban J connectivity index is 1.58. The van der Waals surface area contributed by atoms with Crippen molar-refractivity contribution in [2.45, 2.75) is 43.7 Å². The number of imidazole rings is 1. The van der Waals surface area contributed by atoms with E-state index in [2.05, 4.69) is 15.3 Å². The van der Waals surface area contributed by atoms with E-state index in [1.165, 1.54) is 10.5 Å². The molecule has 1 aromatic heterocycles. The number of sulfonamides is 1. The van der Waals surface area contributed by atoms with Gasteiger partial charge in [-0.1, -0.05) is 0 Å². The monoisotopic (exact) mass is 312 g/mol. The maximum absolute atomic E-state index is 12.4. The van der Waals surface area contributed by atoms with Crippen LogP contribution < -0.4 is 5.32 Å². The molecular formula is C13H20N4O3S. The lowest BCUT2D eigenvalue weighted by atomic mass is 10.1. The highest BCUT2D eigenvalue weighted by Crippen LogP contribution is 2.29. The van der Waals surface area contributed by atoms with Crippen molar-refractivity contribution in [2.75, 3.05) is 13.1 Å². The minimum atomic E-state index is -3.49. The van der Waals surface area contributed by atoms with Gasteiger partial charge in [-0.2, -0.15) is 4.31 Å². The normalized spacial score (nSPS) is 21.4.